The summed E-state index contributed by atoms with van der Waals surface area (Å²) >= 11 is 0. The van der Waals surface area contributed by atoms with Gasteiger partial charge in [-0.25, -0.2) is 9.78 Å². The SMILES string of the molecule is COC(=O)c1cnc2cc(N3CCOCC3)nc(O[C@H]3CC[C@@H](n4ccnc4)CC3)c2c1. The van der Waals surface area contributed by atoms with Gasteiger partial charge in [0.05, 0.1) is 43.1 Å². The van der Waals surface area contributed by atoms with Crippen molar-refractivity contribution in [1.29, 1.82) is 0 Å². The minimum Gasteiger partial charge on any atom is -0.474 e. The molecule has 5 rings (SSSR count). The van der Waals surface area contributed by atoms with E-state index < -0.39 is 5.97 Å². The van der Waals surface area contributed by atoms with Crippen LogP contribution in [0.25, 0.3) is 10.9 Å². The van der Waals surface area contributed by atoms with Crippen LogP contribution in [0, 0.1) is 0 Å². The van der Waals surface area contributed by atoms with Crippen LogP contribution in [-0.2, 0) is 9.47 Å². The van der Waals surface area contributed by atoms with Gasteiger partial charge in [0.15, 0.2) is 0 Å². The molecule has 0 bridgehead atoms. The molecule has 2 aliphatic rings. The molecular formula is C23H27N5O4. The van der Waals surface area contributed by atoms with Gasteiger partial charge in [-0.2, -0.15) is 4.98 Å². The lowest BCUT2D eigenvalue weighted by Gasteiger charge is -2.31. The number of anilines is 1. The number of hydrogen-bond acceptors (Lipinski definition) is 8. The van der Waals surface area contributed by atoms with E-state index in [9.17, 15) is 4.79 Å². The lowest BCUT2D eigenvalue weighted by atomic mass is 9.93. The van der Waals surface area contributed by atoms with Crippen LogP contribution in [0.5, 0.6) is 5.88 Å². The second-order valence-electron chi connectivity index (χ2n) is 8.23. The summed E-state index contributed by atoms with van der Waals surface area (Å²) in [5.41, 5.74) is 1.13. The monoisotopic (exact) mass is 437 g/mol. The molecule has 1 saturated carbocycles. The number of carbonyl (C=O) groups excluding carboxylic acids is 1. The van der Waals surface area contributed by atoms with Gasteiger partial charge < -0.3 is 23.7 Å². The predicted octanol–water partition coefficient (Wildman–Crippen LogP) is 3.01. The molecule has 0 N–H and O–H groups in total. The molecule has 1 aliphatic carbocycles. The van der Waals surface area contributed by atoms with Crippen LogP contribution in [0.3, 0.4) is 0 Å². The maximum absolute atomic E-state index is 12.1. The molecule has 0 unspecified atom stereocenters. The third-order valence-electron chi connectivity index (χ3n) is 6.26. The topological polar surface area (TPSA) is 91.6 Å². The van der Waals surface area contributed by atoms with E-state index in [1.165, 1.54) is 13.3 Å². The van der Waals surface area contributed by atoms with E-state index in [1.54, 1.807) is 6.07 Å². The fourth-order valence-corrected chi connectivity index (χ4v) is 4.46. The molecule has 0 atom stereocenters. The quantitative estimate of drug-likeness (QED) is 0.563. The molecule has 0 radical (unpaired) electrons. The number of pyridine rings is 2. The number of rotatable bonds is 5. The standard InChI is InChI=1S/C23H27N5O4/c1-30-23(29)16-12-19-20(25-14-16)13-21(27-8-10-31-11-9-27)26-22(19)32-18-4-2-17(3-5-18)28-7-6-24-15-28/h6-7,12-15,17-18H,2-5,8-11H2,1H3/t17-,18+. The maximum atomic E-state index is 12.1. The van der Waals surface area contributed by atoms with Crippen molar-refractivity contribution >= 4 is 22.7 Å². The first-order chi connectivity index (χ1) is 15.7. The number of methoxy groups -OCH3 is 1. The number of nitrogens with zero attached hydrogens (tertiary/aromatic N) is 5. The van der Waals surface area contributed by atoms with Crippen molar-refractivity contribution in [1.82, 2.24) is 19.5 Å². The molecule has 9 heteroatoms. The minimum atomic E-state index is -0.427. The van der Waals surface area contributed by atoms with Crippen LogP contribution in [-0.4, -0.2) is 65.0 Å². The second kappa shape index (κ2) is 9.12. The molecule has 1 saturated heterocycles. The van der Waals surface area contributed by atoms with Gasteiger partial charge in [-0.05, 0) is 31.7 Å². The number of fused-ring (bicyclic) bond motifs is 1. The number of aromatic nitrogens is 4. The van der Waals surface area contributed by atoms with Crippen molar-refractivity contribution in [2.75, 3.05) is 38.3 Å². The first kappa shape index (κ1) is 20.7. The summed E-state index contributed by atoms with van der Waals surface area (Å²) in [5.74, 6) is 0.915. The Bertz CT molecular complexity index is 1070. The molecule has 168 valence electrons. The highest BCUT2D eigenvalue weighted by Gasteiger charge is 2.25. The summed E-state index contributed by atoms with van der Waals surface area (Å²) in [6.07, 6.45) is 11.2. The van der Waals surface area contributed by atoms with Crippen LogP contribution in [0.4, 0.5) is 5.82 Å². The molecule has 4 heterocycles. The van der Waals surface area contributed by atoms with Crippen molar-refractivity contribution in [3.63, 3.8) is 0 Å². The van der Waals surface area contributed by atoms with Gasteiger partial charge in [0.25, 0.3) is 0 Å². The van der Waals surface area contributed by atoms with E-state index in [0.29, 0.717) is 30.7 Å². The van der Waals surface area contributed by atoms with Crippen LogP contribution in [0.2, 0.25) is 0 Å². The molecule has 3 aromatic rings. The number of hydrogen-bond donors (Lipinski definition) is 0. The fraction of sp³-hybridized carbons (Fsp3) is 0.478. The molecule has 9 nitrogen and oxygen atoms in total. The van der Waals surface area contributed by atoms with Crippen LogP contribution in [0.1, 0.15) is 42.1 Å². The Morgan fingerprint density at radius 2 is 1.97 bits per heavy atom. The molecule has 3 aromatic heterocycles. The first-order valence-electron chi connectivity index (χ1n) is 11.1. The van der Waals surface area contributed by atoms with Crippen LogP contribution in [0.15, 0.2) is 37.1 Å². The lowest BCUT2D eigenvalue weighted by molar-refractivity contribution is 0.0600. The van der Waals surface area contributed by atoms with Gasteiger partial charge in [0.1, 0.15) is 11.9 Å². The number of imidazole rings is 1. The van der Waals surface area contributed by atoms with Crippen molar-refractivity contribution in [3.8, 4) is 5.88 Å². The summed E-state index contributed by atoms with van der Waals surface area (Å²) < 4.78 is 19.0. The second-order valence-corrected chi connectivity index (χ2v) is 8.23. The molecule has 1 aliphatic heterocycles. The Balaban J connectivity index is 1.42. The fourth-order valence-electron chi connectivity index (χ4n) is 4.46. The zero-order valence-electron chi connectivity index (χ0n) is 18.1. The third-order valence-corrected chi connectivity index (χ3v) is 6.26. The van der Waals surface area contributed by atoms with E-state index in [1.807, 2.05) is 24.8 Å². The molecule has 0 amide bonds. The van der Waals surface area contributed by atoms with Crippen molar-refractivity contribution in [3.05, 3.63) is 42.6 Å². The molecule has 0 aromatic carbocycles. The number of esters is 1. The minimum absolute atomic E-state index is 0.0622. The highest BCUT2D eigenvalue weighted by atomic mass is 16.5. The molecule has 0 spiro atoms. The Kier molecular flexibility index (Phi) is 5.89. The summed E-state index contributed by atoms with van der Waals surface area (Å²) in [7, 11) is 1.36. The summed E-state index contributed by atoms with van der Waals surface area (Å²) in [6, 6.07) is 4.16. The zero-order valence-corrected chi connectivity index (χ0v) is 18.1. The first-order valence-corrected chi connectivity index (χ1v) is 11.1. The molecular weight excluding hydrogens is 410 g/mol. The van der Waals surface area contributed by atoms with Crippen molar-refractivity contribution in [2.24, 2.45) is 0 Å². The smallest absolute Gasteiger partial charge is 0.339 e. The van der Waals surface area contributed by atoms with E-state index in [-0.39, 0.29) is 6.10 Å². The molecule has 32 heavy (non-hydrogen) atoms. The van der Waals surface area contributed by atoms with Gasteiger partial charge in [-0.3, -0.25) is 4.98 Å². The number of ether oxygens (including phenoxy) is 3. The highest BCUT2D eigenvalue weighted by molar-refractivity contribution is 5.95. The van der Waals surface area contributed by atoms with E-state index in [2.05, 4.69) is 19.4 Å². The largest absolute Gasteiger partial charge is 0.474 e. The Morgan fingerprint density at radius 1 is 1.16 bits per heavy atom. The number of carbonyl (C=O) groups is 1. The van der Waals surface area contributed by atoms with E-state index in [0.717, 1.165) is 55.5 Å². The van der Waals surface area contributed by atoms with Gasteiger partial charge in [0, 0.05) is 43.8 Å². The van der Waals surface area contributed by atoms with Crippen molar-refractivity contribution < 1.29 is 19.0 Å². The van der Waals surface area contributed by atoms with E-state index in [4.69, 9.17) is 19.2 Å². The Hall–Kier alpha value is -3.20. The molecule has 2 fully saturated rings. The van der Waals surface area contributed by atoms with Crippen molar-refractivity contribution in [2.45, 2.75) is 37.8 Å². The summed E-state index contributed by atoms with van der Waals surface area (Å²) in [4.78, 5) is 27.8. The van der Waals surface area contributed by atoms with Crippen LogP contribution < -0.4 is 9.64 Å². The predicted molar refractivity (Wildman–Crippen MR) is 118 cm³/mol. The normalized spacial score (nSPS) is 21.5. The Morgan fingerprint density at radius 3 is 2.69 bits per heavy atom. The van der Waals surface area contributed by atoms with Crippen LogP contribution >= 0.6 is 0 Å². The van der Waals surface area contributed by atoms with E-state index >= 15 is 0 Å². The lowest BCUT2D eigenvalue weighted by Crippen LogP contribution is -2.36. The zero-order chi connectivity index (χ0) is 21.9. The van der Waals surface area contributed by atoms with Gasteiger partial charge >= 0.3 is 5.97 Å². The third kappa shape index (κ3) is 4.25. The Labute approximate surface area is 186 Å². The maximum Gasteiger partial charge on any atom is 0.339 e. The average molecular weight is 438 g/mol. The van der Waals surface area contributed by atoms with Gasteiger partial charge in [-0.15, -0.1) is 0 Å². The highest BCUT2D eigenvalue weighted by Crippen LogP contribution is 2.34. The summed E-state index contributed by atoms with van der Waals surface area (Å²) in [5, 5.41) is 0.724. The van der Waals surface area contributed by atoms with Gasteiger partial charge in [-0.1, -0.05) is 0 Å². The average Bonchev–Trinajstić information content (AvgIpc) is 3.39. The summed E-state index contributed by atoms with van der Waals surface area (Å²) in [6.45, 7) is 2.88. The van der Waals surface area contributed by atoms with Gasteiger partial charge in [0.2, 0.25) is 5.88 Å². The number of morpholine rings is 1.